The molecule has 30 heavy (non-hydrogen) atoms. The molecule has 1 aliphatic rings. The molecule has 5 nitrogen and oxygen atoms in total. The summed E-state index contributed by atoms with van der Waals surface area (Å²) in [5.41, 5.74) is 1.46. The minimum absolute atomic E-state index is 0.104. The summed E-state index contributed by atoms with van der Waals surface area (Å²) in [4.78, 5) is 28.3. The number of benzene rings is 2. The highest BCUT2D eigenvalue weighted by atomic mass is 32.1. The maximum Gasteiger partial charge on any atom is 0.295 e. The molecule has 3 aromatic rings. The van der Waals surface area contributed by atoms with Crippen molar-refractivity contribution in [3.05, 3.63) is 93.7 Å². The Kier molecular flexibility index (Phi) is 5.68. The molecule has 1 amide bonds. The summed E-state index contributed by atoms with van der Waals surface area (Å²) >= 11 is 1.45. The molecule has 1 fully saturated rings. The molecule has 4 rings (SSSR count). The van der Waals surface area contributed by atoms with Crippen LogP contribution in [0.3, 0.4) is 0 Å². The van der Waals surface area contributed by atoms with Crippen LogP contribution < -0.4 is 4.74 Å². The van der Waals surface area contributed by atoms with Gasteiger partial charge in [0.1, 0.15) is 11.5 Å². The number of carbonyl (C=O) groups excluding carboxylic acids is 2. The fraction of sp³-hybridized carbons (Fsp3) is 0.167. The van der Waals surface area contributed by atoms with Gasteiger partial charge in [-0.1, -0.05) is 48.5 Å². The maximum absolute atomic E-state index is 13.0. The quantitative estimate of drug-likeness (QED) is 0.355. The normalized spacial score (nSPS) is 18.0. The Morgan fingerprint density at radius 3 is 2.57 bits per heavy atom. The predicted octanol–water partition coefficient (Wildman–Crippen LogP) is 4.77. The second kappa shape index (κ2) is 8.55. The van der Waals surface area contributed by atoms with Gasteiger partial charge in [0, 0.05) is 17.0 Å². The Balaban J connectivity index is 1.81. The van der Waals surface area contributed by atoms with Crippen LogP contribution in [0.15, 0.2) is 77.7 Å². The van der Waals surface area contributed by atoms with Crippen molar-refractivity contribution >= 4 is 28.8 Å². The van der Waals surface area contributed by atoms with E-state index in [1.165, 1.54) is 16.2 Å². The fourth-order valence-electron chi connectivity index (χ4n) is 3.62. The lowest BCUT2D eigenvalue weighted by Gasteiger charge is -2.24. The third-order valence-electron chi connectivity index (χ3n) is 4.97. The molecule has 0 aliphatic carbocycles. The number of nitrogens with zero attached hydrogens (tertiary/aromatic N) is 1. The molecule has 1 atom stereocenters. The molecule has 1 aliphatic heterocycles. The van der Waals surface area contributed by atoms with Gasteiger partial charge in [0.25, 0.3) is 11.7 Å². The number of rotatable bonds is 6. The van der Waals surface area contributed by atoms with Crippen molar-refractivity contribution in [3.8, 4) is 5.75 Å². The van der Waals surface area contributed by atoms with Gasteiger partial charge in [-0.15, -0.1) is 11.3 Å². The van der Waals surface area contributed by atoms with Crippen LogP contribution in [0, 0.1) is 0 Å². The largest absolute Gasteiger partial charge is 0.507 e. The smallest absolute Gasteiger partial charge is 0.295 e. The zero-order chi connectivity index (χ0) is 21.1. The average Bonchev–Trinajstić information content (AvgIpc) is 3.37. The van der Waals surface area contributed by atoms with E-state index in [-0.39, 0.29) is 17.9 Å². The molecular weight excluding hydrogens is 398 g/mol. The van der Waals surface area contributed by atoms with Gasteiger partial charge in [-0.25, -0.2) is 0 Å². The number of amides is 1. The van der Waals surface area contributed by atoms with Crippen LogP contribution in [0.1, 0.15) is 29.0 Å². The van der Waals surface area contributed by atoms with Gasteiger partial charge in [-0.2, -0.15) is 0 Å². The molecule has 1 N–H and O–H groups in total. The molecule has 0 bridgehead atoms. The van der Waals surface area contributed by atoms with E-state index in [9.17, 15) is 14.7 Å². The van der Waals surface area contributed by atoms with E-state index in [0.29, 0.717) is 17.9 Å². The van der Waals surface area contributed by atoms with Gasteiger partial charge in [-0.3, -0.25) is 9.59 Å². The van der Waals surface area contributed by atoms with E-state index in [2.05, 4.69) is 0 Å². The summed E-state index contributed by atoms with van der Waals surface area (Å²) in [6, 6.07) is 19.5. The molecule has 0 radical (unpaired) electrons. The molecule has 0 spiro atoms. The van der Waals surface area contributed by atoms with E-state index >= 15 is 0 Å². The average molecular weight is 420 g/mol. The number of aliphatic hydroxyl groups excluding tert-OH is 1. The third-order valence-corrected chi connectivity index (χ3v) is 5.89. The minimum Gasteiger partial charge on any atom is -0.507 e. The first-order valence-corrected chi connectivity index (χ1v) is 10.6. The summed E-state index contributed by atoms with van der Waals surface area (Å²) < 4.78 is 5.51. The number of ketones is 1. The minimum atomic E-state index is -0.677. The Morgan fingerprint density at radius 1 is 1.07 bits per heavy atom. The van der Waals surface area contributed by atoms with Gasteiger partial charge in [0.2, 0.25) is 0 Å². The Hall–Kier alpha value is -3.38. The van der Waals surface area contributed by atoms with Crippen LogP contribution in [0.25, 0.3) is 5.76 Å². The van der Waals surface area contributed by atoms with Crippen molar-refractivity contribution in [2.45, 2.75) is 19.5 Å². The summed E-state index contributed by atoms with van der Waals surface area (Å²) in [5, 5.41) is 13.0. The molecule has 2 heterocycles. The predicted molar refractivity (Wildman–Crippen MR) is 116 cm³/mol. The molecule has 1 unspecified atom stereocenters. The highest BCUT2D eigenvalue weighted by molar-refractivity contribution is 7.10. The first kappa shape index (κ1) is 19.9. The van der Waals surface area contributed by atoms with Gasteiger partial charge >= 0.3 is 0 Å². The second-order valence-electron chi connectivity index (χ2n) is 6.89. The van der Waals surface area contributed by atoms with Crippen molar-refractivity contribution in [2.75, 3.05) is 6.61 Å². The number of thiophene rings is 1. The maximum atomic E-state index is 13.0. The van der Waals surface area contributed by atoms with Crippen molar-refractivity contribution in [2.24, 2.45) is 0 Å². The number of hydrogen-bond donors (Lipinski definition) is 1. The standard InChI is InChI=1S/C24H21NO4S/c1-2-29-18-11-6-10-17(14-18)22(26)20-21(19-12-7-13-30-19)25(24(28)23(20)27)15-16-8-4-3-5-9-16/h3-14,21,26H,2,15H2,1H3/b22-20+. The lowest BCUT2D eigenvalue weighted by molar-refractivity contribution is -0.140. The fourth-order valence-corrected chi connectivity index (χ4v) is 4.47. The van der Waals surface area contributed by atoms with Crippen molar-refractivity contribution in [1.29, 1.82) is 0 Å². The topological polar surface area (TPSA) is 66.8 Å². The lowest BCUT2D eigenvalue weighted by atomic mass is 9.99. The van der Waals surface area contributed by atoms with Crippen molar-refractivity contribution < 1.29 is 19.4 Å². The monoisotopic (exact) mass is 419 g/mol. The SMILES string of the molecule is CCOc1cccc(/C(O)=C2\C(=O)C(=O)N(Cc3ccccc3)C2c2cccs2)c1. The van der Waals surface area contributed by atoms with Crippen LogP contribution in [0.4, 0.5) is 0 Å². The third kappa shape index (κ3) is 3.74. The zero-order valence-electron chi connectivity index (χ0n) is 16.4. The highest BCUT2D eigenvalue weighted by Gasteiger charge is 2.46. The van der Waals surface area contributed by atoms with E-state index in [0.717, 1.165) is 10.4 Å². The van der Waals surface area contributed by atoms with E-state index < -0.39 is 17.7 Å². The Bertz CT molecular complexity index is 1090. The van der Waals surface area contributed by atoms with Crippen molar-refractivity contribution in [1.82, 2.24) is 4.90 Å². The summed E-state index contributed by atoms with van der Waals surface area (Å²) in [6.07, 6.45) is 0. The van der Waals surface area contributed by atoms with Crippen LogP contribution in [0.2, 0.25) is 0 Å². The molecular formula is C24H21NO4S. The Labute approximate surface area is 178 Å². The molecule has 0 saturated carbocycles. The number of ether oxygens (including phenoxy) is 1. The molecule has 2 aromatic carbocycles. The molecule has 1 saturated heterocycles. The first-order valence-electron chi connectivity index (χ1n) is 9.69. The van der Waals surface area contributed by atoms with Crippen LogP contribution in [-0.4, -0.2) is 28.3 Å². The summed E-state index contributed by atoms with van der Waals surface area (Å²) in [6.45, 7) is 2.64. The first-order chi connectivity index (χ1) is 14.6. The van der Waals surface area contributed by atoms with E-state index in [4.69, 9.17) is 4.74 Å². The van der Waals surface area contributed by atoms with Crippen molar-refractivity contribution in [3.63, 3.8) is 0 Å². The zero-order valence-corrected chi connectivity index (χ0v) is 17.3. The van der Waals surface area contributed by atoms with E-state index in [1.54, 1.807) is 24.3 Å². The molecule has 6 heteroatoms. The lowest BCUT2D eigenvalue weighted by Crippen LogP contribution is -2.28. The number of carbonyl (C=O) groups is 2. The number of aliphatic hydroxyl groups is 1. The molecule has 152 valence electrons. The second-order valence-corrected chi connectivity index (χ2v) is 7.87. The Morgan fingerprint density at radius 2 is 1.87 bits per heavy atom. The van der Waals surface area contributed by atoms with Crippen LogP contribution >= 0.6 is 11.3 Å². The number of hydrogen-bond acceptors (Lipinski definition) is 5. The van der Waals surface area contributed by atoms with Gasteiger partial charge < -0.3 is 14.7 Å². The van der Waals surface area contributed by atoms with Gasteiger partial charge in [0.05, 0.1) is 18.2 Å². The number of Topliss-reactive ketones (excluding diaryl/α,β-unsaturated/α-hetero) is 1. The summed E-state index contributed by atoms with van der Waals surface area (Å²) in [5.74, 6) is -0.889. The van der Waals surface area contributed by atoms with Gasteiger partial charge in [0.15, 0.2) is 0 Å². The highest BCUT2D eigenvalue weighted by Crippen LogP contribution is 2.42. The van der Waals surface area contributed by atoms with Crippen LogP contribution in [-0.2, 0) is 16.1 Å². The van der Waals surface area contributed by atoms with E-state index in [1.807, 2.05) is 54.8 Å². The van der Waals surface area contributed by atoms with Gasteiger partial charge in [-0.05, 0) is 36.1 Å². The summed E-state index contributed by atoms with van der Waals surface area (Å²) in [7, 11) is 0. The number of likely N-dealkylation sites (tertiary alicyclic amines) is 1. The van der Waals surface area contributed by atoms with Crippen LogP contribution in [0.5, 0.6) is 5.75 Å². The molecule has 1 aromatic heterocycles.